The van der Waals surface area contributed by atoms with E-state index in [-0.39, 0.29) is 53.6 Å². The molecular formula is C62H83F2N11O9. The molecule has 4 atom stereocenters. The molecule has 4 amide bonds. The number of amides is 4. The number of hydrogen-bond donors (Lipinski definition) is 6. The summed E-state index contributed by atoms with van der Waals surface area (Å²) < 4.78 is 58.9. The molecule has 3 aliphatic carbocycles. The van der Waals surface area contributed by atoms with Crippen LogP contribution in [0.1, 0.15) is 136 Å². The molecule has 2 aromatic carbocycles. The lowest BCUT2D eigenvalue weighted by Gasteiger charge is -2.41. The van der Waals surface area contributed by atoms with E-state index >= 15 is 0 Å². The summed E-state index contributed by atoms with van der Waals surface area (Å²) in [7, 11) is 1.69. The molecule has 0 spiro atoms. The maximum atomic E-state index is 14.7. The highest BCUT2D eigenvalue weighted by Crippen LogP contribution is 2.37. The van der Waals surface area contributed by atoms with Crippen molar-refractivity contribution in [3.05, 3.63) is 107 Å². The number of aryl methyl sites for hydroxylation is 1. The van der Waals surface area contributed by atoms with Gasteiger partial charge in [0.1, 0.15) is 36.5 Å². The molecule has 9 rings (SSSR count). The number of nitrogens with zero attached hydrogens (tertiary/aromatic N) is 5. The number of fused-ring (bicyclic) bond motifs is 2. The first-order valence-corrected chi connectivity index (χ1v) is 29.8. The summed E-state index contributed by atoms with van der Waals surface area (Å²) in [6, 6.07) is 15.1. The van der Waals surface area contributed by atoms with Gasteiger partial charge >= 0.3 is 0 Å². The van der Waals surface area contributed by atoms with E-state index < -0.39 is 41.6 Å². The molecule has 1 aliphatic heterocycles. The number of carbonyl (C=O) groups excluding carboxylic acids is 4. The number of carbonyl (C=O) groups is 4. The first kappa shape index (κ1) is 61.7. The van der Waals surface area contributed by atoms with Crippen LogP contribution in [0.2, 0.25) is 0 Å². The van der Waals surface area contributed by atoms with Gasteiger partial charge in [0.05, 0.1) is 63.5 Å². The summed E-state index contributed by atoms with van der Waals surface area (Å²) in [5, 5.41) is 22.8. The molecule has 20 nitrogen and oxygen atoms in total. The van der Waals surface area contributed by atoms with Crippen LogP contribution < -0.4 is 36.6 Å². The van der Waals surface area contributed by atoms with Gasteiger partial charge < -0.3 is 60.2 Å². The van der Waals surface area contributed by atoms with Gasteiger partial charge in [0.2, 0.25) is 23.6 Å². The lowest BCUT2D eigenvalue weighted by Crippen LogP contribution is -2.62. The standard InChI is InChI=1S/C62H83F2N11O9/c1-39(65-5)57(76)72-55(62(2,3)4)61(79)74-36-45-31-47(20-17-43(45)32-52(74)59(78)69-49-12-8-10-42-9-6-7-11-48(42)49)83-30-29-82-28-27-81-26-25-80-24-23-66-34-40-15-18-46(19-16-40)75-37-50(54(73-75)56(63)64)70-58(77)51-38-84-60(71-51)44-21-22-67-53(33-44)68-35-41-13-14-41/h6-7,9,11,17,20-22,31,33,37-41,46,49,52,55-56,65-66H,8,10,12-16,18-19,23-30,32,34-36H2,1-5H3,(H,67,68)(H,69,78)(H,70,77)(H,72,76)/t39-,40?,46?,49+,52-,55+/m0/s1. The van der Waals surface area contributed by atoms with E-state index in [1.165, 1.54) is 30.9 Å². The van der Waals surface area contributed by atoms with Crippen molar-refractivity contribution in [2.75, 3.05) is 83.6 Å². The van der Waals surface area contributed by atoms with Crippen LogP contribution in [0, 0.1) is 17.3 Å². The second-order valence-corrected chi connectivity index (χ2v) is 23.6. The van der Waals surface area contributed by atoms with Crippen LogP contribution in [0.25, 0.3) is 11.5 Å². The SMILES string of the molecule is CN[C@@H](C)C(=O)N[C@H](C(=O)N1Cc2cc(OCCOCCOCCOCCNCC3CCC(n4cc(NC(=O)c5coc(-c6ccnc(NCC7CC7)c6)n5)c(C(F)F)n4)CC3)ccc2C[C@H]1C(=O)N[C@@H]1CCCc2ccccc21)C(C)(C)C. The zero-order valence-corrected chi connectivity index (χ0v) is 49.1. The van der Waals surface area contributed by atoms with Gasteiger partial charge in [0.15, 0.2) is 11.4 Å². The number of alkyl halides is 2. The Morgan fingerprint density at radius 1 is 0.833 bits per heavy atom. The highest BCUT2D eigenvalue weighted by molar-refractivity contribution is 6.03. The number of halogens is 2. The number of benzene rings is 2. The van der Waals surface area contributed by atoms with Crippen LogP contribution in [0.3, 0.4) is 0 Å². The fraction of sp³-hybridized carbons (Fsp3) is 0.565. The highest BCUT2D eigenvalue weighted by atomic mass is 19.3. The largest absolute Gasteiger partial charge is 0.491 e. The van der Waals surface area contributed by atoms with Crippen molar-refractivity contribution >= 4 is 35.1 Å². The molecule has 454 valence electrons. The molecule has 0 bridgehead atoms. The first-order valence-electron chi connectivity index (χ1n) is 29.8. The van der Waals surface area contributed by atoms with Crippen molar-refractivity contribution in [2.24, 2.45) is 17.3 Å². The van der Waals surface area contributed by atoms with Crippen molar-refractivity contribution in [2.45, 2.75) is 135 Å². The van der Waals surface area contributed by atoms with Crippen molar-refractivity contribution in [1.29, 1.82) is 0 Å². The molecule has 5 aromatic rings. The van der Waals surface area contributed by atoms with E-state index in [1.807, 2.05) is 51.1 Å². The molecular weight excluding hydrogens is 1080 g/mol. The van der Waals surface area contributed by atoms with Crippen LogP contribution in [-0.2, 0) is 48.0 Å². The summed E-state index contributed by atoms with van der Waals surface area (Å²) in [5.74, 6) is 1.11. The summed E-state index contributed by atoms with van der Waals surface area (Å²) in [6.07, 6.45) is 10.3. The zero-order valence-electron chi connectivity index (χ0n) is 49.1. The Morgan fingerprint density at radius 2 is 1.56 bits per heavy atom. The third-order valence-electron chi connectivity index (χ3n) is 16.3. The average molecular weight is 1160 g/mol. The molecule has 3 aromatic heterocycles. The predicted octanol–water partition coefficient (Wildman–Crippen LogP) is 7.98. The maximum Gasteiger partial charge on any atom is 0.284 e. The summed E-state index contributed by atoms with van der Waals surface area (Å²) in [5.41, 5.74) is 3.58. The third-order valence-corrected chi connectivity index (χ3v) is 16.3. The number of rotatable bonds is 29. The Labute approximate surface area is 490 Å². The minimum absolute atomic E-state index is 0.0388. The number of pyridine rings is 1. The molecule has 4 heterocycles. The van der Waals surface area contributed by atoms with E-state index in [4.69, 9.17) is 23.4 Å². The topological polar surface area (TPSA) is 237 Å². The minimum atomic E-state index is -2.88. The van der Waals surface area contributed by atoms with Gasteiger partial charge in [0.25, 0.3) is 12.3 Å². The summed E-state index contributed by atoms with van der Waals surface area (Å²) in [4.78, 5) is 65.7. The van der Waals surface area contributed by atoms with Crippen LogP contribution in [0.15, 0.2) is 77.7 Å². The maximum absolute atomic E-state index is 14.7. The Bertz CT molecular complexity index is 2990. The first-order chi connectivity index (χ1) is 40.6. The van der Waals surface area contributed by atoms with E-state index in [9.17, 15) is 28.0 Å². The fourth-order valence-corrected chi connectivity index (χ4v) is 11.1. The van der Waals surface area contributed by atoms with Gasteiger partial charge in [-0.3, -0.25) is 23.9 Å². The van der Waals surface area contributed by atoms with Crippen molar-refractivity contribution in [3.63, 3.8) is 0 Å². The van der Waals surface area contributed by atoms with Gasteiger partial charge in [-0.25, -0.2) is 18.7 Å². The highest BCUT2D eigenvalue weighted by Gasteiger charge is 2.43. The number of oxazole rings is 1. The molecule has 4 aliphatic rings. The summed E-state index contributed by atoms with van der Waals surface area (Å²) in [6.45, 7) is 12.8. The van der Waals surface area contributed by atoms with Gasteiger partial charge in [-0.2, -0.15) is 5.10 Å². The zero-order chi connectivity index (χ0) is 59.2. The summed E-state index contributed by atoms with van der Waals surface area (Å²) >= 11 is 0. The van der Waals surface area contributed by atoms with Gasteiger partial charge in [-0.05, 0) is 142 Å². The van der Waals surface area contributed by atoms with Crippen molar-refractivity contribution in [3.8, 4) is 17.2 Å². The quantitative estimate of drug-likeness (QED) is 0.0249. The number of ether oxygens (including phenoxy) is 4. The van der Waals surface area contributed by atoms with Crippen LogP contribution in [-0.4, -0.2) is 139 Å². The Balaban J connectivity index is 0.642. The number of anilines is 2. The van der Waals surface area contributed by atoms with Crippen molar-refractivity contribution in [1.82, 2.24) is 45.9 Å². The van der Waals surface area contributed by atoms with E-state index in [2.05, 4.69) is 59.1 Å². The Hall–Kier alpha value is -6.85. The minimum Gasteiger partial charge on any atom is -0.491 e. The van der Waals surface area contributed by atoms with Crippen LogP contribution in [0.5, 0.6) is 5.75 Å². The Kier molecular flexibility index (Phi) is 21.5. The molecule has 84 heavy (non-hydrogen) atoms. The molecule has 0 unspecified atom stereocenters. The number of aromatic nitrogens is 4. The molecule has 0 radical (unpaired) electrons. The fourth-order valence-electron chi connectivity index (χ4n) is 11.1. The van der Waals surface area contributed by atoms with Crippen molar-refractivity contribution < 1.29 is 51.3 Å². The monoisotopic (exact) mass is 1160 g/mol. The predicted molar refractivity (Wildman–Crippen MR) is 313 cm³/mol. The molecule has 22 heteroatoms. The normalized spacial score (nSPS) is 19.5. The third kappa shape index (κ3) is 16.7. The van der Waals surface area contributed by atoms with Crippen LogP contribution in [0.4, 0.5) is 20.3 Å². The second kappa shape index (κ2) is 29.3. The molecule has 0 saturated heterocycles. The average Bonchev–Trinajstić information content (AvgIpc) is 2.01. The van der Waals surface area contributed by atoms with E-state index in [1.54, 1.807) is 41.9 Å². The molecule has 6 N–H and O–H groups in total. The van der Waals surface area contributed by atoms with E-state index in [0.717, 1.165) is 74.7 Å². The molecule has 2 fully saturated rings. The number of likely N-dealkylation sites (N-methyl/N-ethyl adjacent to an activating group) is 1. The number of hydrogen-bond acceptors (Lipinski definition) is 15. The van der Waals surface area contributed by atoms with Gasteiger partial charge in [0, 0.05) is 44.0 Å². The van der Waals surface area contributed by atoms with Crippen LogP contribution >= 0.6 is 0 Å². The molecule has 2 saturated carbocycles. The van der Waals surface area contributed by atoms with E-state index in [0.29, 0.717) is 88.2 Å². The smallest absolute Gasteiger partial charge is 0.284 e. The second-order valence-electron chi connectivity index (χ2n) is 23.6. The lowest BCUT2D eigenvalue weighted by molar-refractivity contribution is -0.147. The number of nitrogens with one attached hydrogen (secondary N) is 6. The Morgan fingerprint density at radius 3 is 2.30 bits per heavy atom. The van der Waals surface area contributed by atoms with Gasteiger partial charge in [-0.15, -0.1) is 0 Å². The lowest BCUT2D eigenvalue weighted by atomic mass is 9.83. The van der Waals surface area contributed by atoms with Gasteiger partial charge in [-0.1, -0.05) is 51.1 Å².